The van der Waals surface area contributed by atoms with E-state index < -0.39 is 12.0 Å². The predicted octanol–water partition coefficient (Wildman–Crippen LogP) is 1.49. The molecule has 0 aromatic rings. The van der Waals surface area contributed by atoms with Gasteiger partial charge >= 0.3 is 12.0 Å². The average molecular weight is 155 g/mol. The summed E-state index contributed by atoms with van der Waals surface area (Å²) in [6, 6.07) is -0.611. The van der Waals surface area contributed by atoms with Crippen LogP contribution in [-0.2, 0) is 9.53 Å². The Balaban J connectivity index is 3.98. The summed E-state index contributed by atoms with van der Waals surface area (Å²) >= 11 is 0. The number of hydrogen-bond acceptors (Lipinski definition) is 2. The fraction of sp³-hybridized carbons (Fsp3) is 0.750. The number of ether oxygens (including phenoxy) is 1. The molecule has 0 rings (SSSR count). The molecule has 0 radical (unpaired) electrons. The van der Waals surface area contributed by atoms with Gasteiger partial charge in [0, 0.05) is 6.42 Å². The van der Waals surface area contributed by atoms with E-state index in [4.69, 9.17) is 6.57 Å². The minimum absolute atomic E-state index is 0.355. The fourth-order valence-corrected chi connectivity index (χ4v) is 0.784. The van der Waals surface area contributed by atoms with Crippen molar-refractivity contribution in [2.45, 2.75) is 26.3 Å². The van der Waals surface area contributed by atoms with Crippen LogP contribution in [0.4, 0.5) is 0 Å². The lowest BCUT2D eigenvalue weighted by molar-refractivity contribution is -0.141. The van der Waals surface area contributed by atoms with Gasteiger partial charge in [-0.25, -0.2) is 11.4 Å². The molecule has 0 aromatic heterocycles. The van der Waals surface area contributed by atoms with Crippen molar-refractivity contribution in [2.75, 3.05) is 7.11 Å². The third-order valence-electron chi connectivity index (χ3n) is 1.32. The van der Waals surface area contributed by atoms with Crippen LogP contribution in [0.15, 0.2) is 0 Å². The second kappa shape index (κ2) is 4.73. The molecule has 0 saturated carbocycles. The highest BCUT2D eigenvalue weighted by Gasteiger charge is 2.24. The fourth-order valence-electron chi connectivity index (χ4n) is 0.784. The van der Waals surface area contributed by atoms with Crippen LogP contribution >= 0.6 is 0 Å². The number of nitrogens with zero attached hydrogens (tertiary/aromatic N) is 1. The molecule has 3 heteroatoms. The van der Waals surface area contributed by atoms with Crippen molar-refractivity contribution in [2.24, 2.45) is 5.92 Å². The van der Waals surface area contributed by atoms with E-state index in [1.165, 1.54) is 7.11 Å². The summed E-state index contributed by atoms with van der Waals surface area (Å²) in [4.78, 5) is 14.0. The number of hydrogen-bond donors (Lipinski definition) is 0. The summed E-state index contributed by atoms with van der Waals surface area (Å²) in [6.07, 6.45) is 0.580. The molecule has 3 nitrogen and oxygen atoms in total. The molecule has 0 heterocycles. The molecule has 0 fully saturated rings. The number of esters is 1. The molecule has 0 aliphatic rings. The third kappa shape index (κ3) is 3.61. The number of rotatable bonds is 3. The Labute approximate surface area is 67.2 Å². The first-order valence-electron chi connectivity index (χ1n) is 3.56. The van der Waals surface area contributed by atoms with E-state index in [2.05, 4.69) is 9.58 Å². The minimum atomic E-state index is -0.611. The second-order valence-corrected chi connectivity index (χ2v) is 2.80. The lowest BCUT2D eigenvalue weighted by atomic mass is 10.0. The van der Waals surface area contributed by atoms with Gasteiger partial charge in [-0.1, -0.05) is 13.8 Å². The standard InChI is InChI=1S/C8H13NO2/c1-6(2)5-7(9-3)8(10)11-4/h6-7H,5H2,1-2,4H3. The summed E-state index contributed by atoms with van der Waals surface area (Å²) in [5.41, 5.74) is 0. The van der Waals surface area contributed by atoms with Gasteiger partial charge in [-0.3, -0.25) is 0 Å². The molecule has 0 saturated heterocycles. The van der Waals surface area contributed by atoms with E-state index in [9.17, 15) is 4.79 Å². The first-order valence-corrected chi connectivity index (χ1v) is 3.56. The van der Waals surface area contributed by atoms with Crippen molar-refractivity contribution in [3.05, 3.63) is 11.4 Å². The highest BCUT2D eigenvalue weighted by atomic mass is 16.5. The maximum atomic E-state index is 10.8. The Morgan fingerprint density at radius 1 is 1.64 bits per heavy atom. The SMILES string of the molecule is [C-]#[N+]C(CC(C)C)C(=O)OC. The first kappa shape index (κ1) is 9.96. The normalized spacial score (nSPS) is 12.3. The molecule has 0 bridgehead atoms. The van der Waals surface area contributed by atoms with Crippen molar-refractivity contribution < 1.29 is 9.53 Å². The van der Waals surface area contributed by atoms with Crippen LogP contribution in [-0.4, -0.2) is 19.1 Å². The molecule has 1 atom stereocenters. The molecular weight excluding hydrogens is 142 g/mol. The van der Waals surface area contributed by atoms with Crippen molar-refractivity contribution >= 4 is 5.97 Å². The predicted molar refractivity (Wildman–Crippen MR) is 41.9 cm³/mol. The van der Waals surface area contributed by atoms with E-state index in [1.54, 1.807) is 0 Å². The van der Waals surface area contributed by atoms with Crippen LogP contribution in [0.1, 0.15) is 20.3 Å². The van der Waals surface area contributed by atoms with Gasteiger partial charge in [-0.05, 0) is 5.92 Å². The largest absolute Gasteiger partial charge is 0.463 e. The van der Waals surface area contributed by atoms with E-state index in [0.29, 0.717) is 12.3 Å². The van der Waals surface area contributed by atoms with E-state index >= 15 is 0 Å². The zero-order chi connectivity index (χ0) is 8.85. The lowest BCUT2D eigenvalue weighted by Gasteiger charge is -2.04. The van der Waals surface area contributed by atoms with Crippen LogP contribution in [0.5, 0.6) is 0 Å². The maximum Gasteiger partial charge on any atom is 0.389 e. The Morgan fingerprint density at radius 2 is 2.18 bits per heavy atom. The van der Waals surface area contributed by atoms with Crippen molar-refractivity contribution in [3.63, 3.8) is 0 Å². The Kier molecular flexibility index (Phi) is 4.28. The van der Waals surface area contributed by atoms with Gasteiger partial charge < -0.3 is 9.58 Å². The van der Waals surface area contributed by atoms with Crippen molar-refractivity contribution in [1.82, 2.24) is 0 Å². The van der Waals surface area contributed by atoms with Gasteiger partial charge in [0.1, 0.15) is 0 Å². The van der Waals surface area contributed by atoms with E-state index in [1.807, 2.05) is 13.8 Å². The van der Waals surface area contributed by atoms with Crippen LogP contribution in [0.2, 0.25) is 0 Å². The first-order chi connectivity index (χ1) is 5.11. The minimum Gasteiger partial charge on any atom is -0.463 e. The molecule has 0 aliphatic carbocycles. The molecule has 62 valence electrons. The highest BCUT2D eigenvalue weighted by molar-refractivity contribution is 5.77. The highest BCUT2D eigenvalue weighted by Crippen LogP contribution is 2.08. The number of carbonyl (C=O) groups is 1. The molecule has 0 N–H and O–H groups in total. The molecule has 11 heavy (non-hydrogen) atoms. The maximum absolute atomic E-state index is 10.8. The van der Waals surface area contributed by atoms with Gasteiger partial charge in [0.05, 0.1) is 7.11 Å². The Bertz CT molecular complexity index is 169. The van der Waals surface area contributed by atoms with Gasteiger partial charge in [0.25, 0.3) is 0 Å². The average Bonchev–Trinajstić information content (AvgIpc) is 1.98. The Hall–Kier alpha value is -1.04. The smallest absolute Gasteiger partial charge is 0.389 e. The zero-order valence-electron chi connectivity index (χ0n) is 7.13. The molecule has 0 spiro atoms. The van der Waals surface area contributed by atoms with E-state index in [0.717, 1.165) is 0 Å². The lowest BCUT2D eigenvalue weighted by Crippen LogP contribution is -2.20. The van der Waals surface area contributed by atoms with Gasteiger partial charge in [0.15, 0.2) is 0 Å². The monoisotopic (exact) mass is 155 g/mol. The molecule has 1 unspecified atom stereocenters. The van der Waals surface area contributed by atoms with Crippen molar-refractivity contribution in [3.8, 4) is 0 Å². The third-order valence-corrected chi connectivity index (χ3v) is 1.32. The number of methoxy groups -OCH3 is 1. The molecule has 0 aromatic carbocycles. The number of carbonyl (C=O) groups excluding carboxylic acids is 1. The van der Waals surface area contributed by atoms with Crippen LogP contribution in [0.25, 0.3) is 4.85 Å². The zero-order valence-corrected chi connectivity index (χ0v) is 7.13. The van der Waals surface area contributed by atoms with Crippen LogP contribution in [0, 0.1) is 12.5 Å². The summed E-state index contributed by atoms with van der Waals surface area (Å²) in [5.74, 6) is -0.0677. The van der Waals surface area contributed by atoms with Crippen molar-refractivity contribution in [1.29, 1.82) is 0 Å². The summed E-state index contributed by atoms with van der Waals surface area (Å²) < 4.78 is 4.45. The van der Waals surface area contributed by atoms with Gasteiger partial charge in [-0.15, -0.1) is 0 Å². The topological polar surface area (TPSA) is 30.7 Å². The molecule has 0 amide bonds. The van der Waals surface area contributed by atoms with Gasteiger partial charge in [0.2, 0.25) is 0 Å². The summed E-state index contributed by atoms with van der Waals surface area (Å²) in [6.45, 7) is 10.7. The van der Waals surface area contributed by atoms with E-state index in [-0.39, 0.29) is 0 Å². The summed E-state index contributed by atoms with van der Waals surface area (Å²) in [5, 5.41) is 0. The van der Waals surface area contributed by atoms with Gasteiger partial charge in [-0.2, -0.15) is 0 Å². The molecular formula is C8H13NO2. The summed E-state index contributed by atoms with van der Waals surface area (Å²) in [7, 11) is 1.31. The van der Waals surface area contributed by atoms with Crippen LogP contribution < -0.4 is 0 Å². The Morgan fingerprint density at radius 3 is 2.45 bits per heavy atom. The second-order valence-electron chi connectivity index (χ2n) is 2.80. The van der Waals surface area contributed by atoms with Crippen LogP contribution in [0.3, 0.4) is 0 Å². The quantitative estimate of drug-likeness (QED) is 0.456. The molecule has 0 aliphatic heterocycles.